The average molecular weight is 605 g/mol. The van der Waals surface area contributed by atoms with Gasteiger partial charge in [-0.05, 0) is 66.8 Å². The number of aryl methyl sites for hydroxylation is 1. The smallest absolute Gasteiger partial charge is 0.380 e. The number of nitrogens with zero attached hydrogens (tertiary/aromatic N) is 7. The lowest BCUT2D eigenvalue weighted by atomic mass is 9.98. The Bertz CT molecular complexity index is 1820. The summed E-state index contributed by atoms with van der Waals surface area (Å²) < 4.78 is 65.2. The maximum absolute atomic E-state index is 14.4. The summed E-state index contributed by atoms with van der Waals surface area (Å²) >= 11 is 0. The molecular formula is C31H28F4N8O. The van der Waals surface area contributed by atoms with Gasteiger partial charge in [-0.2, -0.15) is 18.3 Å². The number of alkyl halides is 3. The van der Waals surface area contributed by atoms with E-state index in [9.17, 15) is 17.6 Å². The number of hydrogen-bond acceptors (Lipinski definition) is 7. The summed E-state index contributed by atoms with van der Waals surface area (Å²) in [5.74, 6) is 0.766. The quantitative estimate of drug-likeness (QED) is 0.227. The van der Waals surface area contributed by atoms with Crippen molar-refractivity contribution in [2.45, 2.75) is 43.9 Å². The Morgan fingerprint density at radius 2 is 1.86 bits per heavy atom. The summed E-state index contributed by atoms with van der Waals surface area (Å²) in [6.45, 7) is 1.53. The van der Waals surface area contributed by atoms with Crippen LogP contribution in [0.2, 0.25) is 0 Å². The van der Waals surface area contributed by atoms with E-state index in [1.807, 2.05) is 6.07 Å². The Morgan fingerprint density at radius 1 is 1.00 bits per heavy atom. The van der Waals surface area contributed by atoms with E-state index in [0.29, 0.717) is 48.2 Å². The van der Waals surface area contributed by atoms with Crippen molar-refractivity contribution in [2.75, 3.05) is 13.2 Å². The highest BCUT2D eigenvalue weighted by molar-refractivity contribution is 5.81. The lowest BCUT2D eigenvalue weighted by Gasteiger charge is -2.14. The topological polar surface area (TPSA) is 95.6 Å². The molecule has 0 radical (unpaired) electrons. The van der Waals surface area contributed by atoms with E-state index < -0.39 is 17.6 Å². The summed E-state index contributed by atoms with van der Waals surface area (Å²) in [7, 11) is 1.78. The van der Waals surface area contributed by atoms with Crippen molar-refractivity contribution < 1.29 is 22.3 Å². The molecule has 5 aromatic rings. The van der Waals surface area contributed by atoms with Gasteiger partial charge in [0.2, 0.25) is 0 Å². The molecule has 226 valence electrons. The van der Waals surface area contributed by atoms with Crippen LogP contribution in [0.4, 0.5) is 17.6 Å². The second-order valence-corrected chi connectivity index (χ2v) is 11.2. The largest absolute Gasteiger partial charge is 0.418 e. The van der Waals surface area contributed by atoms with Crippen LogP contribution in [0.1, 0.15) is 42.1 Å². The third kappa shape index (κ3) is 5.72. The summed E-state index contributed by atoms with van der Waals surface area (Å²) in [4.78, 5) is 9.22. The van der Waals surface area contributed by atoms with Gasteiger partial charge >= 0.3 is 6.18 Å². The molecular weight excluding hydrogens is 576 g/mol. The molecule has 1 aliphatic heterocycles. The van der Waals surface area contributed by atoms with Crippen LogP contribution in [0.5, 0.6) is 0 Å². The molecule has 0 bridgehead atoms. The second kappa shape index (κ2) is 11.2. The number of pyridine rings is 2. The predicted octanol–water partition coefficient (Wildman–Crippen LogP) is 5.71. The Labute approximate surface area is 249 Å². The van der Waals surface area contributed by atoms with Gasteiger partial charge in [0.05, 0.1) is 29.8 Å². The van der Waals surface area contributed by atoms with Crippen LogP contribution in [0.15, 0.2) is 61.2 Å². The summed E-state index contributed by atoms with van der Waals surface area (Å²) in [5.41, 5.74) is 2.51. The molecule has 13 heteroatoms. The molecule has 44 heavy (non-hydrogen) atoms. The van der Waals surface area contributed by atoms with Gasteiger partial charge in [-0.25, -0.2) is 14.1 Å². The molecule has 0 spiro atoms. The van der Waals surface area contributed by atoms with E-state index in [2.05, 4.69) is 25.6 Å². The molecule has 1 aliphatic carbocycles. The number of ether oxygens (including phenoxy) is 1. The number of benzene rings is 1. The zero-order chi connectivity index (χ0) is 30.4. The van der Waals surface area contributed by atoms with Gasteiger partial charge in [0.25, 0.3) is 0 Å². The second-order valence-electron chi connectivity index (χ2n) is 11.2. The third-order valence-corrected chi connectivity index (χ3v) is 7.92. The Balaban J connectivity index is 1.28. The standard InChI is InChI=1S/C31H28F4N8O/c1-42-17-37-41-30(42)25-12-21(32)4-6-24(25)19-10-27(18-2-3-18)40-28(11-19)43-15-20(13-38-43)29-26(31(33,34)35)7-5-22(39-29)14-36-23-8-9-44-16-23/h4-7,10-13,15,17-18,23,36H,2-3,8-9,14,16H2,1H3/t23-/m1/s1. The molecule has 1 aromatic carbocycles. The van der Waals surface area contributed by atoms with Gasteiger partial charge in [-0.15, -0.1) is 10.2 Å². The van der Waals surface area contributed by atoms with E-state index in [1.165, 1.54) is 35.3 Å². The maximum atomic E-state index is 14.4. The number of hydrogen-bond donors (Lipinski definition) is 1. The summed E-state index contributed by atoms with van der Waals surface area (Å²) in [6.07, 6.45) is 2.61. The minimum atomic E-state index is -4.61. The van der Waals surface area contributed by atoms with E-state index in [0.717, 1.165) is 36.6 Å². The zero-order valence-electron chi connectivity index (χ0n) is 23.7. The lowest BCUT2D eigenvalue weighted by Crippen LogP contribution is -2.29. The van der Waals surface area contributed by atoms with Crippen LogP contribution in [0.3, 0.4) is 0 Å². The molecule has 1 saturated heterocycles. The minimum Gasteiger partial charge on any atom is -0.380 e. The Hall–Kier alpha value is -4.49. The van der Waals surface area contributed by atoms with Crippen molar-refractivity contribution in [3.63, 3.8) is 0 Å². The van der Waals surface area contributed by atoms with Crippen LogP contribution in [-0.4, -0.2) is 53.8 Å². The fourth-order valence-electron chi connectivity index (χ4n) is 5.44. The third-order valence-electron chi connectivity index (χ3n) is 7.92. The Kier molecular flexibility index (Phi) is 7.21. The molecule has 2 fully saturated rings. The minimum absolute atomic E-state index is 0.139. The first kappa shape index (κ1) is 28.3. The van der Waals surface area contributed by atoms with E-state index in [4.69, 9.17) is 9.72 Å². The first-order valence-electron chi connectivity index (χ1n) is 14.3. The number of rotatable bonds is 8. The molecule has 5 heterocycles. The molecule has 1 N–H and O–H groups in total. The van der Waals surface area contributed by atoms with Crippen molar-refractivity contribution in [1.29, 1.82) is 0 Å². The molecule has 1 atom stereocenters. The SMILES string of the molecule is Cn1cnnc1-c1cc(F)ccc1-c1cc(C2CC2)nc(-n2cc(-c3nc(CN[C@@H]4CCOC4)ccc3C(F)(F)F)cn2)c1. The van der Waals surface area contributed by atoms with Crippen LogP contribution in [0, 0.1) is 5.82 Å². The fraction of sp³-hybridized carbons (Fsp3) is 0.323. The molecule has 1 saturated carbocycles. The summed E-state index contributed by atoms with van der Waals surface area (Å²) in [6, 6.07) is 10.8. The highest BCUT2D eigenvalue weighted by atomic mass is 19.4. The van der Waals surface area contributed by atoms with Crippen molar-refractivity contribution >= 4 is 0 Å². The van der Waals surface area contributed by atoms with Gasteiger partial charge in [0.15, 0.2) is 11.6 Å². The Morgan fingerprint density at radius 3 is 2.59 bits per heavy atom. The molecule has 0 unspecified atom stereocenters. The van der Waals surface area contributed by atoms with E-state index >= 15 is 0 Å². The average Bonchev–Trinajstić information content (AvgIpc) is 3.34. The first-order valence-corrected chi connectivity index (χ1v) is 14.3. The van der Waals surface area contributed by atoms with Gasteiger partial charge in [-0.1, -0.05) is 6.07 Å². The summed E-state index contributed by atoms with van der Waals surface area (Å²) in [5, 5.41) is 15.8. The highest BCUT2D eigenvalue weighted by Gasteiger charge is 2.35. The fourth-order valence-corrected chi connectivity index (χ4v) is 5.44. The maximum Gasteiger partial charge on any atom is 0.418 e. The van der Waals surface area contributed by atoms with Gasteiger partial charge < -0.3 is 14.6 Å². The van der Waals surface area contributed by atoms with E-state index in [1.54, 1.807) is 30.1 Å². The zero-order valence-corrected chi connectivity index (χ0v) is 23.7. The molecule has 4 aromatic heterocycles. The lowest BCUT2D eigenvalue weighted by molar-refractivity contribution is -0.137. The normalized spacial score (nSPS) is 17.0. The predicted molar refractivity (Wildman–Crippen MR) is 153 cm³/mol. The van der Waals surface area contributed by atoms with Crippen LogP contribution >= 0.6 is 0 Å². The van der Waals surface area contributed by atoms with E-state index in [-0.39, 0.29) is 23.2 Å². The van der Waals surface area contributed by atoms with Crippen molar-refractivity contribution in [3.05, 3.63) is 84.0 Å². The van der Waals surface area contributed by atoms with Crippen LogP contribution < -0.4 is 5.32 Å². The van der Waals surface area contributed by atoms with Gasteiger partial charge in [0, 0.05) is 55.2 Å². The van der Waals surface area contributed by atoms with Crippen LogP contribution in [-0.2, 0) is 24.5 Å². The van der Waals surface area contributed by atoms with Gasteiger partial charge in [0.1, 0.15) is 12.1 Å². The number of aromatic nitrogens is 7. The highest BCUT2D eigenvalue weighted by Crippen LogP contribution is 2.42. The molecule has 2 aliphatic rings. The number of halogens is 4. The molecule has 9 nitrogen and oxygen atoms in total. The first-order chi connectivity index (χ1) is 21.2. The van der Waals surface area contributed by atoms with Crippen molar-refractivity contribution in [3.8, 4) is 39.6 Å². The monoisotopic (exact) mass is 604 g/mol. The van der Waals surface area contributed by atoms with Crippen molar-refractivity contribution in [2.24, 2.45) is 7.05 Å². The molecule has 0 amide bonds. The van der Waals surface area contributed by atoms with Crippen LogP contribution in [0.25, 0.3) is 39.6 Å². The number of nitrogens with one attached hydrogen (secondary N) is 1. The molecule has 7 rings (SSSR count). The van der Waals surface area contributed by atoms with Crippen molar-refractivity contribution in [1.82, 2.24) is 39.8 Å². The van der Waals surface area contributed by atoms with Gasteiger partial charge in [-0.3, -0.25) is 4.98 Å².